The van der Waals surface area contributed by atoms with Crippen molar-refractivity contribution < 1.29 is 9.31 Å². The first kappa shape index (κ1) is 17.6. The van der Waals surface area contributed by atoms with Crippen LogP contribution in [0.4, 0.5) is 0 Å². The van der Waals surface area contributed by atoms with Crippen LogP contribution in [0.1, 0.15) is 53.0 Å². The third kappa shape index (κ3) is 3.14. The molecule has 1 aliphatic rings. The highest BCUT2D eigenvalue weighted by atomic mass is 16.7. The highest BCUT2D eigenvalue weighted by molar-refractivity contribution is 6.47. The van der Waals surface area contributed by atoms with Crippen molar-refractivity contribution in [3.8, 4) is 0 Å². The number of fused-ring (bicyclic) bond motifs is 1. The maximum Gasteiger partial charge on any atom is 0.460 e. The summed E-state index contributed by atoms with van der Waals surface area (Å²) in [4.78, 5) is 0. The molecule has 0 saturated carbocycles. The number of nitrogens with zero attached hydrogens (tertiary/aromatic N) is 1. The van der Waals surface area contributed by atoms with Gasteiger partial charge in [-0.15, -0.1) is 0 Å². The van der Waals surface area contributed by atoms with E-state index in [1.165, 1.54) is 16.5 Å². The Kier molecular flexibility index (Phi) is 4.56. The number of para-hydroxylation sites is 1. The van der Waals surface area contributed by atoms with Gasteiger partial charge in [0, 0.05) is 24.1 Å². The number of hydrogen-bond donors (Lipinski definition) is 0. The molecule has 0 spiro atoms. The molecule has 4 heteroatoms. The molecule has 2 aromatic rings. The first-order valence-corrected chi connectivity index (χ1v) is 9.10. The normalized spacial score (nSPS) is 20.7. The lowest BCUT2D eigenvalue weighted by Crippen LogP contribution is -2.41. The Morgan fingerprint density at radius 1 is 1.08 bits per heavy atom. The average Bonchev–Trinajstić information content (AvgIpc) is 2.94. The van der Waals surface area contributed by atoms with E-state index in [1.807, 2.05) is 0 Å². The molecule has 1 aliphatic heterocycles. The molecule has 2 heterocycles. The smallest absolute Gasteiger partial charge is 0.403 e. The first-order valence-electron chi connectivity index (χ1n) is 9.10. The number of rotatable bonds is 5. The molecular weight excluding hydrogens is 297 g/mol. The molecule has 1 aromatic carbocycles. The van der Waals surface area contributed by atoms with E-state index in [1.54, 1.807) is 0 Å². The Morgan fingerprint density at radius 2 is 1.71 bits per heavy atom. The second kappa shape index (κ2) is 6.23. The molecule has 3 nitrogen and oxygen atoms in total. The van der Waals surface area contributed by atoms with Crippen molar-refractivity contribution in [2.45, 2.75) is 70.9 Å². The summed E-state index contributed by atoms with van der Waals surface area (Å²) in [5, 5.41) is 1.38. The van der Waals surface area contributed by atoms with Crippen LogP contribution in [0.3, 0.4) is 0 Å². The first-order chi connectivity index (χ1) is 11.2. The summed E-state index contributed by atoms with van der Waals surface area (Å²) in [5.41, 5.74) is 2.28. The molecule has 1 saturated heterocycles. The van der Waals surface area contributed by atoms with Crippen molar-refractivity contribution in [1.82, 2.24) is 4.57 Å². The molecular formula is C20H30BNO2. The maximum absolute atomic E-state index is 6.18. The van der Waals surface area contributed by atoms with Gasteiger partial charge in [0.1, 0.15) is 0 Å². The van der Waals surface area contributed by atoms with Crippen LogP contribution in [0.25, 0.3) is 10.9 Å². The average molecular weight is 327 g/mol. The topological polar surface area (TPSA) is 23.4 Å². The molecule has 3 rings (SSSR count). The molecule has 1 aromatic heterocycles. The SMILES string of the molecule is CC(CCCc1cn(C)c2ccccc12)B1OC(C)(C)C(C)(C)O1. The second-order valence-electron chi connectivity index (χ2n) is 8.28. The summed E-state index contributed by atoms with van der Waals surface area (Å²) in [7, 11) is 2.03. The Morgan fingerprint density at radius 3 is 2.38 bits per heavy atom. The minimum absolute atomic E-state index is 0.0949. The molecule has 130 valence electrons. The highest BCUT2D eigenvalue weighted by Gasteiger charge is 2.52. The molecule has 1 fully saturated rings. The van der Waals surface area contributed by atoms with Crippen molar-refractivity contribution in [2.24, 2.45) is 7.05 Å². The third-order valence-electron chi connectivity index (χ3n) is 5.82. The standard InChI is InChI=1S/C20H30BNO2/c1-15(21-23-19(2,3)20(4,5)24-21)10-9-11-16-14-22(6)18-13-8-7-12-17(16)18/h7-8,12-15H,9-11H2,1-6H3. The molecule has 0 bridgehead atoms. The number of aryl methyl sites for hydroxylation is 2. The minimum Gasteiger partial charge on any atom is -0.403 e. The summed E-state index contributed by atoms with van der Waals surface area (Å²) in [6, 6.07) is 8.64. The molecule has 1 unspecified atom stereocenters. The van der Waals surface area contributed by atoms with Crippen LogP contribution in [0.5, 0.6) is 0 Å². The minimum atomic E-state index is -0.235. The van der Waals surface area contributed by atoms with Gasteiger partial charge < -0.3 is 13.9 Å². The quantitative estimate of drug-likeness (QED) is 0.723. The van der Waals surface area contributed by atoms with Gasteiger partial charge in [-0.1, -0.05) is 31.5 Å². The summed E-state index contributed by atoms with van der Waals surface area (Å²) in [6.07, 6.45) is 5.63. The summed E-state index contributed by atoms with van der Waals surface area (Å²) in [5.74, 6) is 0.404. The van der Waals surface area contributed by atoms with Gasteiger partial charge in [-0.25, -0.2) is 0 Å². The lowest BCUT2D eigenvalue weighted by atomic mass is 9.70. The maximum atomic E-state index is 6.18. The van der Waals surface area contributed by atoms with E-state index in [9.17, 15) is 0 Å². The van der Waals surface area contributed by atoms with Crippen LogP contribution in [0.15, 0.2) is 30.5 Å². The van der Waals surface area contributed by atoms with Gasteiger partial charge in [0.15, 0.2) is 0 Å². The van der Waals surface area contributed by atoms with Gasteiger partial charge in [0.05, 0.1) is 11.2 Å². The molecule has 0 N–H and O–H groups in total. The van der Waals surface area contributed by atoms with Crippen LogP contribution in [-0.2, 0) is 22.8 Å². The van der Waals surface area contributed by atoms with E-state index in [0.717, 1.165) is 19.3 Å². The van der Waals surface area contributed by atoms with E-state index >= 15 is 0 Å². The van der Waals surface area contributed by atoms with Crippen LogP contribution >= 0.6 is 0 Å². The van der Waals surface area contributed by atoms with Crippen LogP contribution < -0.4 is 0 Å². The molecule has 0 radical (unpaired) electrons. The van der Waals surface area contributed by atoms with E-state index in [4.69, 9.17) is 9.31 Å². The van der Waals surface area contributed by atoms with Crippen molar-refractivity contribution in [3.05, 3.63) is 36.0 Å². The monoisotopic (exact) mass is 327 g/mol. The Hall–Kier alpha value is -1.26. The van der Waals surface area contributed by atoms with Crippen molar-refractivity contribution >= 4 is 18.0 Å². The zero-order valence-electron chi connectivity index (χ0n) is 15.9. The predicted octanol–water partition coefficient (Wildman–Crippen LogP) is 4.98. The molecule has 1 atom stereocenters. The highest BCUT2D eigenvalue weighted by Crippen LogP contribution is 2.41. The fourth-order valence-corrected chi connectivity index (χ4v) is 3.50. The third-order valence-corrected chi connectivity index (χ3v) is 5.82. The van der Waals surface area contributed by atoms with Crippen LogP contribution in [0, 0.1) is 0 Å². The molecule has 24 heavy (non-hydrogen) atoms. The molecule has 0 amide bonds. The van der Waals surface area contributed by atoms with Crippen LogP contribution in [0.2, 0.25) is 5.82 Å². The lowest BCUT2D eigenvalue weighted by molar-refractivity contribution is 0.00578. The number of benzene rings is 1. The van der Waals surface area contributed by atoms with Crippen molar-refractivity contribution in [2.75, 3.05) is 0 Å². The van der Waals surface area contributed by atoms with Crippen molar-refractivity contribution in [1.29, 1.82) is 0 Å². The summed E-state index contributed by atoms with van der Waals surface area (Å²) in [6.45, 7) is 10.7. The Bertz CT molecular complexity index is 703. The van der Waals surface area contributed by atoms with E-state index < -0.39 is 0 Å². The van der Waals surface area contributed by atoms with Gasteiger partial charge in [-0.2, -0.15) is 0 Å². The zero-order valence-corrected chi connectivity index (χ0v) is 15.9. The second-order valence-corrected chi connectivity index (χ2v) is 8.28. The van der Waals surface area contributed by atoms with Gasteiger partial charge >= 0.3 is 7.12 Å². The van der Waals surface area contributed by atoms with Crippen LogP contribution in [-0.4, -0.2) is 22.9 Å². The summed E-state index contributed by atoms with van der Waals surface area (Å²) >= 11 is 0. The Balaban J connectivity index is 1.59. The van der Waals surface area contributed by atoms with E-state index in [0.29, 0.717) is 5.82 Å². The number of hydrogen-bond acceptors (Lipinski definition) is 2. The fourth-order valence-electron chi connectivity index (χ4n) is 3.50. The predicted molar refractivity (Wildman–Crippen MR) is 101 cm³/mol. The van der Waals surface area contributed by atoms with Crippen molar-refractivity contribution in [3.63, 3.8) is 0 Å². The van der Waals surface area contributed by atoms with Gasteiger partial charge in [0.2, 0.25) is 0 Å². The largest absolute Gasteiger partial charge is 0.460 e. The lowest BCUT2D eigenvalue weighted by Gasteiger charge is -2.32. The summed E-state index contributed by atoms with van der Waals surface area (Å²) < 4.78 is 14.6. The van der Waals surface area contributed by atoms with E-state index in [-0.39, 0.29) is 18.3 Å². The zero-order chi connectivity index (χ0) is 17.5. The molecule has 0 aliphatic carbocycles. The van der Waals surface area contributed by atoms with Gasteiger partial charge in [-0.3, -0.25) is 0 Å². The van der Waals surface area contributed by atoms with E-state index in [2.05, 4.69) is 76.7 Å². The fraction of sp³-hybridized carbons (Fsp3) is 0.600. The number of aromatic nitrogens is 1. The van der Waals surface area contributed by atoms with Gasteiger partial charge in [-0.05, 0) is 58.0 Å². The Labute approximate surface area is 146 Å². The van der Waals surface area contributed by atoms with Gasteiger partial charge in [0.25, 0.3) is 0 Å².